The Labute approximate surface area is 132 Å². The standard InChI is InChI=1S/C17H27N3O2/c1-6-7-15-14(8-9-20(15)18-5)12(2)13-10-19(11-13)16(21)17(3,4)22/h6-7,13,18,22H,1,8-11H2,2-5H3/b14-12+,15-7+. The summed E-state index contributed by atoms with van der Waals surface area (Å²) in [5.41, 5.74) is 5.76. The van der Waals surface area contributed by atoms with Crippen molar-refractivity contribution in [3.8, 4) is 0 Å². The maximum Gasteiger partial charge on any atom is 0.253 e. The van der Waals surface area contributed by atoms with Gasteiger partial charge in [0.25, 0.3) is 5.91 Å². The molecular weight excluding hydrogens is 278 g/mol. The highest BCUT2D eigenvalue weighted by Crippen LogP contribution is 2.35. The van der Waals surface area contributed by atoms with Crippen molar-refractivity contribution in [1.82, 2.24) is 15.3 Å². The van der Waals surface area contributed by atoms with E-state index in [9.17, 15) is 9.90 Å². The number of hydrogen-bond donors (Lipinski definition) is 2. The molecule has 0 aromatic heterocycles. The predicted octanol–water partition coefficient (Wildman–Crippen LogP) is 1.44. The Morgan fingerprint density at radius 3 is 2.59 bits per heavy atom. The lowest BCUT2D eigenvalue weighted by Gasteiger charge is -2.43. The monoisotopic (exact) mass is 305 g/mol. The Kier molecular flexibility index (Phi) is 4.78. The number of carbonyl (C=O) groups is 1. The summed E-state index contributed by atoms with van der Waals surface area (Å²) in [5, 5.41) is 11.9. The summed E-state index contributed by atoms with van der Waals surface area (Å²) < 4.78 is 0. The third-order valence-corrected chi connectivity index (χ3v) is 4.51. The van der Waals surface area contributed by atoms with Gasteiger partial charge in [-0.3, -0.25) is 4.79 Å². The molecule has 22 heavy (non-hydrogen) atoms. The van der Waals surface area contributed by atoms with E-state index in [0.717, 1.165) is 13.0 Å². The van der Waals surface area contributed by atoms with Crippen molar-refractivity contribution in [3.63, 3.8) is 0 Å². The van der Waals surface area contributed by atoms with Gasteiger partial charge in [0, 0.05) is 32.6 Å². The van der Waals surface area contributed by atoms with Gasteiger partial charge >= 0.3 is 0 Å². The average molecular weight is 305 g/mol. The predicted molar refractivity (Wildman–Crippen MR) is 87.7 cm³/mol. The van der Waals surface area contributed by atoms with Crippen LogP contribution in [0, 0.1) is 5.92 Å². The first-order chi connectivity index (χ1) is 10.3. The molecule has 122 valence electrons. The number of hydrogen-bond acceptors (Lipinski definition) is 4. The van der Waals surface area contributed by atoms with Gasteiger partial charge in [-0.05, 0) is 38.8 Å². The summed E-state index contributed by atoms with van der Waals surface area (Å²) in [6.07, 6.45) is 4.84. The number of rotatable bonds is 4. The van der Waals surface area contributed by atoms with Crippen molar-refractivity contribution in [2.45, 2.75) is 32.8 Å². The second-order valence-electron chi connectivity index (χ2n) is 6.54. The van der Waals surface area contributed by atoms with E-state index in [2.05, 4.69) is 23.9 Å². The van der Waals surface area contributed by atoms with Crippen LogP contribution in [0.3, 0.4) is 0 Å². The first-order valence-corrected chi connectivity index (χ1v) is 7.79. The SMILES string of the molecule is C=C/C=C1\C(=C(/C)C2CN(C(=O)C(C)(C)O)C2)CCN1NC. The second kappa shape index (κ2) is 6.26. The topological polar surface area (TPSA) is 55.8 Å². The molecule has 0 aromatic carbocycles. The lowest BCUT2D eigenvalue weighted by atomic mass is 9.86. The Morgan fingerprint density at radius 2 is 2.09 bits per heavy atom. The van der Waals surface area contributed by atoms with E-state index in [1.165, 1.54) is 16.8 Å². The Balaban J connectivity index is 2.10. The van der Waals surface area contributed by atoms with Crippen LogP contribution in [0.15, 0.2) is 35.6 Å². The highest BCUT2D eigenvalue weighted by Gasteiger charge is 2.39. The van der Waals surface area contributed by atoms with E-state index in [0.29, 0.717) is 19.0 Å². The average Bonchev–Trinajstić information content (AvgIpc) is 2.79. The minimum Gasteiger partial charge on any atom is -0.381 e. The van der Waals surface area contributed by atoms with Gasteiger partial charge in [0.15, 0.2) is 0 Å². The number of likely N-dealkylation sites (tertiary alicyclic amines) is 1. The zero-order valence-electron chi connectivity index (χ0n) is 14.0. The summed E-state index contributed by atoms with van der Waals surface area (Å²) in [4.78, 5) is 13.8. The van der Waals surface area contributed by atoms with Crippen molar-refractivity contribution in [1.29, 1.82) is 0 Å². The number of nitrogens with one attached hydrogen (secondary N) is 1. The molecule has 2 rings (SSSR count). The van der Waals surface area contributed by atoms with Crippen molar-refractivity contribution in [3.05, 3.63) is 35.6 Å². The van der Waals surface area contributed by atoms with Crippen LogP contribution in [0.2, 0.25) is 0 Å². The molecule has 0 spiro atoms. The third-order valence-electron chi connectivity index (χ3n) is 4.51. The lowest BCUT2D eigenvalue weighted by molar-refractivity contribution is -0.153. The summed E-state index contributed by atoms with van der Waals surface area (Å²) in [7, 11) is 1.92. The molecule has 0 unspecified atom stereocenters. The van der Waals surface area contributed by atoms with Gasteiger partial charge in [-0.25, -0.2) is 5.43 Å². The lowest BCUT2D eigenvalue weighted by Crippen LogP contribution is -2.56. The minimum atomic E-state index is -1.28. The maximum atomic E-state index is 12.0. The summed E-state index contributed by atoms with van der Waals surface area (Å²) in [6.45, 7) is 11.4. The number of carbonyl (C=O) groups excluding carboxylic acids is 1. The molecule has 0 atom stereocenters. The van der Waals surface area contributed by atoms with Crippen molar-refractivity contribution >= 4 is 5.91 Å². The molecular formula is C17H27N3O2. The zero-order valence-corrected chi connectivity index (χ0v) is 14.0. The van der Waals surface area contributed by atoms with Crippen LogP contribution >= 0.6 is 0 Å². The molecule has 1 amide bonds. The third kappa shape index (κ3) is 3.10. The van der Waals surface area contributed by atoms with Gasteiger partial charge in [-0.1, -0.05) is 18.2 Å². The normalized spacial score (nSPS) is 23.8. The van der Waals surface area contributed by atoms with E-state index >= 15 is 0 Å². The van der Waals surface area contributed by atoms with E-state index < -0.39 is 5.60 Å². The molecule has 0 radical (unpaired) electrons. The first-order valence-electron chi connectivity index (χ1n) is 7.79. The molecule has 0 saturated carbocycles. The number of hydrazine groups is 1. The van der Waals surface area contributed by atoms with Gasteiger partial charge < -0.3 is 15.0 Å². The highest BCUT2D eigenvalue weighted by atomic mass is 16.3. The molecule has 0 bridgehead atoms. The van der Waals surface area contributed by atoms with Gasteiger partial charge in [-0.15, -0.1) is 0 Å². The van der Waals surface area contributed by atoms with Crippen molar-refractivity contribution in [2.24, 2.45) is 5.92 Å². The second-order valence-corrected chi connectivity index (χ2v) is 6.54. The molecule has 2 saturated heterocycles. The fourth-order valence-corrected chi connectivity index (χ4v) is 3.12. The van der Waals surface area contributed by atoms with Gasteiger partial charge in [0.05, 0.1) is 5.70 Å². The Morgan fingerprint density at radius 1 is 1.45 bits per heavy atom. The quantitative estimate of drug-likeness (QED) is 0.825. The van der Waals surface area contributed by atoms with Gasteiger partial charge in [0.1, 0.15) is 5.60 Å². The minimum absolute atomic E-state index is 0.188. The molecule has 2 heterocycles. The summed E-state index contributed by atoms with van der Waals surface area (Å²) in [6, 6.07) is 0. The van der Waals surface area contributed by atoms with Crippen LogP contribution in [0.5, 0.6) is 0 Å². The van der Waals surface area contributed by atoms with Crippen LogP contribution in [-0.4, -0.2) is 53.2 Å². The van der Waals surface area contributed by atoms with Crippen molar-refractivity contribution in [2.75, 3.05) is 26.7 Å². The van der Waals surface area contributed by atoms with Crippen LogP contribution in [0.25, 0.3) is 0 Å². The van der Waals surface area contributed by atoms with Crippen LogP contribution in [-0.2, 0) is 4.79 Å². The van der Waals surface area contributed by atoms with Crippen LogP contribution < -0.4 is 5.43 Å². The fraction of sp³-hybridized carbons (Fsp3) is 0.588. The van der Waals surface area contributed by atoms with Gasteiger partial charge in [-0.2, -0.15) is 0 Å². The Bertz CT molecular complexity index is 523. The number of amides is 1. The smallest absolute Gasteiger partial charge is 0.253 e. The van der Waals surface area contributed by atoms with E-state index in [-0.39, 0.29) is 5.91 Å². The fourth-order valence-electron chi connectivity index (χ4n) is 3.12. The molecule has 0 aliphatic carbocycles. The molecule has 2 N–H and O–H groups in total. The molecule has 2 aliphatic rings. The number of aliphatic hydroxyl groups is 1. The molecule has 5 heteroatoms. The summed E-state index contributed by atoms with van der Waals surface area (Å²) >= 11 is 0. The van der Waals surface area contributed by atoms with Gasteiger partial charge in [0.2, 0.25) is 0 Å². The molecule has 0 aromatic rings. The van der Waals surface area contributed by atoms with Crippen LogP contribution in [0.1, 0.15) is 27.2 Å². The highest BCUT2D eigenvalue weighted by molar-refractivity contribution is 5.84. The maximum absolute atomic E-state index is 12.0. The van der Waals surface area contributed by atoms with Crippen molar-refractivity contribution < 1.29 is 9.90 Å². The van der Waals surface area contributed by atoms with E-state index in [4.69, 9.17) is 0 Å². The number of allylic oxidation sites excluding steroid dienone is 3. The van der Waals surface area contributed by atoms with Crippen LogP contribution in [0.4, 0.5) is 0 Å². The largest absolute Gasteiger partial charge is 0.381 e. The molecule has 2 aliphatic heterocycles. The summed E-state index contributed by atoms with van der Waals surface area (Å²) in [5.74, 6) is 0.193. The Hall–Kier alpha value is -1.59. The van der Waals surface area contributed by atoms with E-state index in [1.807, 2.05) is 19.2 Å². The zero-order chi connectivity index (χ0) is 16.5. The molecule has 5 nitrogen and oxygen atoms in total. The first kappa shape index (κ1) is 16.8. The van der Waals surface area contributed by atoms with E-state index in [1.54, 1.807) is 18.7 Å². The number of nitrogens with zero attached hydrogens (tertiary/aromatic N) is 2. The molecule has 2 fully saturated rings.